The summed E-state index contributed by atoms with van der Waals surface area (Å²) in [6, 6.07) is 1.17. The molecule has 2 aromatic rings. The summed E-state index contributed by atoms with van der Waals surface area (Å²) in [4.78, 5) is 35.8. The number of carbonyl (C=O) groups is 3. The molecule has 11 nitrogen and oxygen atoms in total. The van der Waals surface area contributed by atoms with E-state index < -0.39 is 48.0 Å². The van der Waals surface area contributed by atoms with Gasteiger partial charge in [-0.15, -0.1) is 0 Å². The van der Waals surface area contributed by atoms with Gasteiger partial charge in [0, 0.05) is 23.5 Å². The van der Waals surface area contributed by atoms with Gasteiger partial charge in [0.2, 0.25) is 11.8 Å². The largest absolute Gasteiger partial charge is 0.471 e. The van der Waals surface area contributed by atoms with Crippen LogP contribution in [0.2, 0.25) is 0 Å². The Hall–Kier alpha value is -2.88. The van der Waals surface area contributed by atoms with Crippen molar-refractivity contribution in [3.63, 3.8) is 0 Å². The number of nitrogens with zero attached hydrogens (tertiary/aromatic N) is 1. The molecule has 0 fully saturated rings. The van der Waals surface area contributed by atoms with Crippen molar-refractivity contribution >= 4 is 50.3 Å². The van der Waals surface area contributed by atoms with Gasteiger partial charge in [-0.05, 0) is 37.5 Å². The average Bonchev–Trinajstić information content (AvgIpc) is 3.13. The summed E-state index contributed by atoms with van der Waals surface area (Å²) in [5, 5.41) is 27.1. The van der Waals surface area contributed by atoms with Crippen LogP contribution in [0.25, 0.3) is 0 Å². The van der Waals surface area contributed by atoms with Gasteiger partial charge in [0.05, 0.1) is 24.2 Å². The maximum Gasteiger partial charge on any atom is 0.320 e. The highest BCUT2D eigenvalue weighted by Crippen LogP contribution is 2.31. The number of hydrogen-bond donors (Lipinski definition) is 6. The Morgan fingerprint density at radius 2 is 1.83 bits per heavy atom. The van der Waals surface area contributed by atoms with E-state index in [0.717, 1.165) is 12.1 Å². The highest BCUT2D eigenvalue weighted by Gasteiger charge is 2.23. The number of ether oxygens (including phenoxy) is 1. The van der Waals surface area contributed by atoms with E-state index in [1.807, 2.05) is 0 Å². The minimum absolute atomic E-state index is 0.0911. The number of urea groups is 1. The zero-order chi connectivity index (χ0) is 27.0. The average molecular weight is 594 g/mol. The van der Waals surface area contributed by atoms with Gasteiger partial charge in [0.1, 0.15) is 28.8 Å². The molecular weight excluding hydrogens is 568 g/mol. The van der Waals surface area contributed by atoms with Crippen LogP contribution in [-0.2, 0) is 11.4 Å². The number of nitrogens with two attached hydrogens (primary N) is 1. The molecule has 2 rings (SSSR count). The molecule has 36 heavy (non-hydrogen) atoms. The van der Waals surface area contributed by atoms with Crippen molar-refractivity contribution in [1.29, 1.82) is 0 Å². The number of anilines is 1. The number of benzene rings is 1. The maximum atomic E-state index is 14.0. The zero-order valence-corrected chi connectivity index (χ0v) is 21.7. The Labute approximate surface area is 217 Å². The lowest BCUT2D eigenvalue weighted by Gasteiger charge is -2.17. The smallest absolute Gasteiger partial charge is 0.320 e. The first-order valence-electron chi connectivity index (χ1n) is 10.6. The molecule has 7 N–H and O–H groups in total. The van der Waals surface area contributed by atoms with E-state index in [1.54, 1.807) is 13.8 Å². The van der Waals surface area contributed by atoms with Crippen molar-refractivity contribution in [3.05, 3.63) is 39.4 Å². The van der Waals surface area contributed by atoms with Gasteiger partial charge < -0.3 is 31.3 Å². The number of primary amides is 1. The molecule has 0 unspecified atom stereocenters. The van der Waals surface area contributed by atoms with Gasteiger partial charge in [-0.3, -0.25) is 14.9 Å². The first-order chi connectivity index (χ1) is 16.9. The Kier molecular flexibility index (Phi) is 11.0. The van der Waals surface area contributed by atoms with Crippen LogP contribution in [0.5, 0.6) is 5.88 Å². The van der Waals surface area contributed by atoms with Crippen LogP contribution in [0, 0.1) is 11.6 Å². The predicted molar refractivity (Wildman–Crippen MR) is 131 cm³/mol. The van der Waals surface area contributed by atoms with E-state index in [-0.39, 0.29) is 52.3 Å². The molecule has 0 aliphatic carbocycles. The van der Waals surface area contributed by atoms with Crippen LogP contribution in [0.1, 0.15) is 42.6 Å². The van der Waals surface area contributed by atoms with Crippen LogP contribution < -0.4 is 26.4 Å². The van der Waals surface area contributed by atoms with Crippen molar-refractivity contribution in [1.82, 2.24) is 15.0 Å². The number of aliphatic hydroxyl groups excluding tert-OH is 2. The molecule has 0 spiro atoms. The topological polar surface area (TPSA) is 176 Å². The number of aromatic nitrogens is 1. The van der Waals surface area contributed by atoms with Gasteiger partial charge in [0.15, 0.2) is 0 Å². The normalized spacial score (nSPS) is 12.7. The second kappa shape index (κ2) is 13.4. The third-order valence-corrected chi connectivity index (χ3v) is 5.71. The molecule has 15 heteroatoms. The number of hydrogen-bond acceptors (Lipinski definition) is 8. The molecule has 0 saturated heterocycles. The molecule has 4 amide bonds. The van der Waals surface area contributed by atoms with Crippen LogP contribution in [0.3, 0.4) is 0 Å². The maximum absolute atomic E-state index is 14.0. The van der Waals surface area contributed by atoms with Gasteiger partial charge in [-0.25, -0.2) is 13.6 Å². The summed E-state index contributed by atoms with van der Waals surface area (Å²) in [6.45, 7) is 2.67. The molecule has 1 aromatic heterocycles. The van der Waals surface area contributed by atoms with Crippen LogP contribution in [0.15, 0.2) is 16.6 Å². The molecule has 1 heterocycles. The third kappa shape index (κ3) is 8.96. The summed E-state index contributed by atoms with van der Waals surface area (Å²) < 4.78 is 37.4. The molecule has 1 aromatic carbocycles. The summed E-state index contributed by atoms with van der Waals surface area (Å²) >= 11 is 3.61. The summed E-state index contributed by atoms with van der Waals surface area (Å²) in [7, 11) is 0. The molecular formula is C21H26BrF2N5O6S. The summed E-state index contributed by atoms with van der Waals surface area (Å²) in [5.41, 5.74) is 4.65. The predicted octanol–water partition coefficient (Wildman–Crippen LogP) is 2.01. The Bertz CT molecular complexity index is 1080. The molecule has 0 radical (unpaired) electrons. The van der Waals surface area contributed by atoms with E-state index in [2.05, 4.69) is 36.3 Å². The Balaban J connectivity index is 1.93. The van der Waals surface area contributed by atoms with E-state index in [9.17, 15) is 33.4 Å². The first kappa shape index (κ1) is 29.4. The lowest BCUT2D eigenvalue weighted by molar-refractivity contribution is -0.123. The fourth-order valence-corrected chi connectivity index (χ4v) is 4.10. The molecule has 2 atom stereocenters. The lowest BCUT2D eigenvalue weighted by Crippen LogP contribution is -2.38. The van der Waals surface area contributed by atoms with Crippen molar-refractivity contribution in [2.45, 2.75) is 51.5 Å². The standard InChI is InChI=1S/C21H26BrF2N5O6S/c1-9(2)27-16(32)6-11(30)5-12(31)7-26-21(34)28-20-17(18(25)33)19(29-36-20)35-8-13-14(23)3-10(22)4-15(13)24/h3-4,9,11-12,30-31H,5-8H2,1-2H3,(H2,25,33)(H,27,32)(H2,26,28,34)/t11-,12+/m1/s1. The van der Waals surface area contributed by atoms with Gasteiger partial charge in [-0.2, -0.15) is 4.37 Å². The number of aliphatic hydroxyl groups is 2. The highest BCUT2D eigenvalue weighted by molar-refractivity contribution is 9.10. The Morgan fingerprint density at radius 1 is 1.19 bits per heavy atom. The SMILES string of the molecule is CC(C)NC(=O)C[C@H](O)C[C@H](O)CNC(=O)Nc1snc(OCc2c(F)cc(Br)cc2F)c1C(N)=O. The first-order valence-corrected chi connectivity index (χ1v) is 12.2. The molecule has 198 valence electrons. The minimum atomic E-state index is -1.16. The van der Waals surface area contributed by atoms with Crippen molar-refractivity contribution in [3.8, 4) is 5.88 Å². The van der Waals surface area contributed by atoms with Gasteiger partial charge in [0.25, 0.3) is 5.91 Å². The second-order valence-corrected chi connectivity index (χ2v) is 9.69. The van der Waals surface area contributed by atoms with Crippen molar-refractivity contribution in [2.24, 2.45) is 5.73 Å². The van der Waals surface area contributed by atoms with Crippen LogP contribution >= 0.6 is 27.5 Å². The molecule has 0 aliphatic heterocycles. The third-order valence-electron chi connectivity index (χ3n) is 4.51. The number of amides is 4. The summed E-state index contributed by atoms with van der Waals surface area (Å²) in [5.74, 6) is -3.46. The number of halogens is 3. The highest BCUT2D eigenvalue weighted by atomic mass is 79.9. The number of nitrogens with one attached hydrogen (secondary N) is 3. The fraction of sp³-hybridized carbons (Fsp3) is 0.429. The monoisotopic (exact) mass is 593 g/mol. The van der Waals surface area contributed by atoms with E-state index >= 15 is 0 Å². The second-order valence-electron chi connectivity index (χ2n) is 8.00. The molecule has 0 saturated carbocycles. The number of carbonyl (C=O) groups excluding carboxylic acids is 3. The quantitative estimate of drug-likeness (QED) is 0.218. The van der Waals surface area contributed by atoms with Crippen LogP contribution in [-0.4, -0.2) is 57.2 Å². The molecule has 0 aliphatic rings. The van der Waals surface area contributed by atoms with Gasteiger partial charge >= 0.3 is 6.03 Å². The van der Waals surface area contributed by atoms with Crippen molar-refractivity contribution in [2.75, 3.05) is 11.9 Å². The summed E-state index contributed by atoms with van der Waals surface area (Å²) in [6.07, 6.45) is -2.66. The Morgan fingerprint density at radius 3 is 2.42 bits per heavy atom. The fourth-order valence-electron chi connectivity index (χ4n) is 2.96. The van der Waals surface area contributed by atoms with Crippen LogP contribution in [0.4, 0.5) is 18.6 Å². The number of rotatable bonds is 12. The minimum Gasteiger partial charge on any atom is -0.471 e. The van der Waals surface area contributed by atoms with E-state index in [0.29, 0.717) is 11.5 Å². The van der Waals surface area contributed by atoms with Crippen molar-refractivity contribution < 1.29 is 38.1 Å². The zero-order valence-electron chi connectivity index (χ0n) is 19.3. The molecule has 0 bridgehead atoms. The lowest BCUT2D eigenvalue weighted by atomic mass is 10.1. The van der Waals surface area contributed by atoms with E-state index in [4.69, 9.17) is 10.5 Å². The van der Waals surface area contributed by atoms with Gasteiger partial charge in [-0.1, -0.05) is 15.9 Å². The van der Waals surface area contributed by atoms with E-state index in [1.165, 1.54) is 0 Å².